The maximum absolute atomic E-state index is 13.2. The third kappa shape index (κ3) is 5.18. The molecule has 3 aromatic rings. The summed E-state index contributed by atoms with van der Waals surface area (Å²) in [5.41, 5.74) is 0.880. The molecule has 1 aliphatic rings. The van der Waals surface area contributed by atoms with E-state index in [1.54, 1.807) is 18.7 Å². The number of nitrogens with zero attached hydrogens (tertiary/aromatic N) is 5. The highest BCUT2D eigenvalue weighted by molar-refractivity contribution is 7.99. The van der Waals surface area contributed by atoms with E-state index < -0.39 is 0 Å². The largest absolute Gasteiger partial charge is 0.467 e. The molecule has 0 saturated heterocycles. The minimum atomic E-state index is 0.169. The van der Waals surface area contributed by atoms with Crippen molar-refractivity contribution in [3.05, 3.63) is 48.7 Å². The number of thioether (sulfide) groups is 1. The van der Waals surface area contributed by atoms with Crippen LogP contribution in [0, 0.1) is 0 Å². The molecule has 3 aromatic heterocycles. The van der Waals surface area contributed by atoms with Gasteiger partial charge in [-0.1, -0.05) is 31.0 Å². The zero-order chi connectivity index (χ0) is 21.6. The molecule has 7 nitrogen and oxygen atoms in total. The van der Waals surface area contributed by atoms with Crippen LogP contribution in [-0.2, 0) is 11.3 Å². The van der Waals surface area contributed by atoms with Crippen LogP contribution in [0.1, 0.15) is 51.7 Å². The van der Waals surface area contributed by atoms with Crippen molar-refractivity contribution in [3.8, 4) is 11.4 Å². The van der Waals surface area contributed by atoms with Crippen LogP contribution in [0.4, 0.5) is 0 Å². The first-order valence-electron chi connectivity index (χ1n) is 10.9. The lowest BCUT2D eigenvalue weighted by molar-refractivity contribution is -0.133. The van der Waals surface area contributed by atoms with Crippen molar-refractivity contribution in [1.82, 2.24) is 24.6 Å². The third-order valence-electron chi connectivity index (χ3n) is 5.67. The molecule has 1 amide bonds. The van der Waals surface area contributed by atoms with Gasteiger partial charge in [-0.3, -0.25) is 14.3 Å². The van der Waals surface area contributed by atoms with E-state index in [1.165, 1.54) is 31.0 Å². The summed E-state index contributed by atoms with van der Waals surface area (Å²) in [6.45, 7) is 4.71. The summed E-state index contributed by atoms with van der Waals surface area (Å²) in [6.07, 6.45) is 11.1. The highest BCUT2D eigenvalue weighted by Crippen LogP contribution is 2.28. The molecule has 3 heterocycles. The lowest BCUT2D eigenvalue weighted by Gasteiger charge is -2.37. The zero-order valence-electron chi connectivity index (χ0n) is 18.1. The fraction of sp³-hybridized carbons (Fsp3) is 0.478. The molecule has 1 saturated carbocycles. The van der Waals surface area contributed by atoms with Crippen LogP contribution in [0.15, 0.2) is 52.5 Å². The molecule has 0 radical (unpaired) electrons. The molecular weight excluding hydrogens is 410 g/mol. The molecule has 1 fully saturated rings. The molecule has 0 unspecified atom stereocenters. The van der Waals surface area contributed by atoms with Crippen LogP contribution in [0.3, 0.4) is 0 Å². The van der Waals surface area contributed by atoms with Crippen molar-refractivity contribution in [2.24, 2.45) is 0 Å². The summed E-state index contributed by atoms with van der Waals surface area (Å²) in [7, 11) is 0. The van der Waals surface area contributed by atoms with Gasteiger partial charge in [-0.2, -0.15) is 0 Å². The normalized spacial score (nSPS) is 14.8. The predicted molar refractivity (Wildman–Crippen MR) is 121 cm³/mol. The van der Waals surface area contributed by atoms with Crippen LogP contribution in [-0.4, -0.2) is 48.4 Å². The van der Waals surface area contributed by atoms with E-state index in [1.807, 2.05) is 28.8 Å². The van der Waals surface area contributed by atoms with Gasteiger partial charge in [0.1, 0.15) is 5.76 Å². The predicted octanol–water partition coefficient (Wildman–Crippen LogP) is 4.64. The minimum absolute atomic E-state index is 0.169. The molecular formula is C23H29N5O2S. The summed E-state index contributed by atoms with van der Waals surface area (Å²) in [5.74, 6) is 2.04. The van der Waals surface area contributed by atoms with E-state index in [0.717, 1.165) is 24.2 Å². The zero-order valence-corrected chi connectivity index (χ0v) is 18.9. The van der Waals surface area contributed by atoms with E-state index in [0.29, 0.717) is 29.3 Å². The molecule has 1 aliphatic carbocycles. The molecule has 4 rings (SSSR count). The van der Waals surface area contributed by atoms with Crippen LogP contribution < -0.4 is 0 Å². The summed E-state index contributed by atoms with van der Waals surface area (Å²) in [5, 5.41) is 9.50. The van der Waals surface area contributed by atoms with Gasteiger partial charge >= 0.3 is 0 Å². The number of rotatable bonds is 8. The summed E-state index contributed by atoms with van der Waals surface area (Å²) in [6, 6.07) is 8.18. The topological polar surface area (TPSA) is 77.1 Å². The first-order valence-corrected chi connectivity index (χ1v) is 11.9. The second-order valence-electron chi connectivity index (χ2n) is 8.19. The number of furan rings is 1. The van der Waals surface area contributed by atoms with Gasteiger partial charge < -0.3 is 9.32 Å². The molecule has 0 spiro atoms. The molecule has 164 valence electrons. The Bertz CT molecular complexity index is 965. The lowest BCUT2D eigenvalue weighted by Crippen LogP contribution is -2.46. The first kappa shape index (κ1) is 21.6. The van der Waals surface area contributed by atoms with E-state index in [4.69, 9.17) is 4.42 Å². The molecule has 0 aromatic carbocycles. The van der Waals surface area contributed by atoms with Gasteiger partial charge in [-0.05, 0) is 51.0 Å². The van der Waals surface area contributed by atoms with Crippen molar-refractivity contribution in [1.29, 1.82) is 0 Å². The number of aromatic nitrogens is 4. The second-order valence-corrected chi connectivity index (χ2v) is 9.13. The summed E-state index contributed by atoms with van der Waals surface area (Å²) >= 11 is 1.44. The van der Waals surface area contributed by atoms with Gasteiger partial charge in [0.25, 0.3) is 0 Å². The minimum Gasteiger partial charge on any atom is -0.467 e. The highest BCUT2D eigenvalue weighted by Gasteiger charge is 2.28. The quantitative estimate of drug-likeness (QED) is 0.476. The van der Waals surface area contributed by atoms with Gasteiger partial charge in [0.15, 0.2) is 11.0 Å². The standard InChI is InChI=1S/C23H29N5O2S/c1-17(2)28(19-9-4-3-5-10-19)21(29)16-31-23-26-25-22(18-8-6-12-24-14-18)27(23)15-20-11-7-13-30-20/h6-8,11-14,17,19H,3-5,9-10,15-16H2,1-2H3. The Morgan fingerprint density at radius 1 is 1.23 bits per heavy atom. The molecule has 0 N–H and O–H groups in total. The monoisotopic (exact) mass is 439 g/mol. The average Bonchev–Trinajstić information content (AvgIpc) is 3.44. The average molecular weight is 440 g/mol. The number of carbonyl (C=O) groups excluding carboxylic acids is 1. The van der Waals surface area contributed by atoms with Crippen molar-refractivity contribution < 1.29 is 9.21 Å². The Morgan fingerprint density at radius 3 is 2.74 bits per heavy atom. The maximum atomic E-state index is 13.2. The molecule has 0 bridgehead atoms. The van der Waals surface area contributed by atoms with Crippen molar-refractivity contribution in [2.45, 2.75) is 69.7 Å². The fourth-order valence-corrected chi connectivity index (χ4v) is 5.09. The van der Waals surface area contributed by atoms with Crippen LogP contribution in [0.5, 0.6) is 0 Å². The Labute approximate surface area is 187 Å². The maximum Gasteiger partial charge on any atom is 0.233 e. The van der Waals surface area contributed by atoms with E-state index >= 15 is 0 Å². The van der Waals surface area contributed by atoms with Gasteiger partial charge in [-0.15, -0.1) is 10.2 Å². The summed E-state index contributed by atoms with van der Waals surface area (Å²) in [4.78, 5) is 19.5. The second kappa shape index (κ2) is 10.1. The van der Waals surface area contributed by atoms with Crippen molar-refractivity contribution in [3.63, 3.8) is 0 Å². The number of amides is 1. The molecule has 31 heavy (non-hydrogen) atoms. The van der Waals surface area contributed by atoms with Crippen molar-refractivity contribution >= 4 is 17.7 Å². The number of hydrogen-bond donors (Lipinski definition) is 0. The SMILES string of the molecule is CC(C)N(C(=O)CSc1nnc(-c2cccnc2)n1Cc1ccco1)C1CCCCC1. The lowest BCUT2D eigenvalue weighted by atomic mass is 9.93. The van der Waals surface area contributed by atoms with Gasteiger partial charge in [-0.25, -0.2) is 0 Å². The van der Waals surface area contributed by atoms with E-state index in [-0.39, 0.29) is 11.9 Å². The van der Waals surface area contributed by atoms with Gasteiger partial charge in [0, 0.05) is 30.0 Å². The van der Waals surface area contributed by atoms with E-state index in [2.05, 4.69) is 33.9 Å². The third-order valence-corrected chi connectivity index (χ3v) is 6.62. The Kier molecular flexibility index (Phi) is 7.06. The smallest absolute Gasteiger partial charge is 0.233 e. The number of hydrogen-bond acceptors (Lipinski definition) is 6. The Balaban J connectivity index is 1.53. The fourth-order valence-electron chi connectivity index (χ4n) is 4.28. The summed E-state index contributed by atoms with van der Waals surface area (Å²) < 4.78 is 7.55. The van der Waals surface area contributed by atoms with Gasteiger partial charge in [0.2, 0.25) is 5.91 Å². The Hall–Kier alpha value is -2.61. The van der Waals surface area contributed by atoms with Crippen LogP contribution in [0.25, 0.3) is 11.4 Å². The van der Waals surface area contributed by atoms with E-state index in [9.17, 15) is 4.79 Å². The van der Waals surface area contributed by atoms with Crippen molar-refractivity contribution in [2.75, 3.05) is 5.75 Å². The first-order chi connectivity index (χ1) is 15.1. The molecule has 0 aliphatic heterocycles. The highest BCUT2D eigenvalue weighted by atomic mass is 32.2. The number of carbonyl (C=O) groups is 1. The Morgan fingerprint density at radius 2 is 2.06 bits per heavy atom. The molecule has 0 atom stereocenters. The van der Waals surface area contributed by atoms with Crippen LogP contribution >= 0.6 is 11.8 Å². The van der Waals surface area contributed by atoms with Gasteiger partial charge in [0.05, 0.1) is 18.6 Å². The molecule has 8 heteroatoms. The van der Waals surface area contributed by atoms with Crippen LogP contribution in [0.2, 0.25) is 0 Å². The number of pyridine rings is 1.